The van der Waals surface area contributed by atoms with Crippen LogP contribution in [0.25, 0.3) is 0 Å². The third kappa shape index (κ3) is 5.39. The molecular formula is C14H18Br2HfSi. The van der Waals surface area contributed by atoms with Crippen LogP contribution in [0.5, 0.6) is 0 Å². The Labute approximate surface area is 144 Å². The van der Waals surface area contributed by atoms with Crippen LogP contribution in [0.3, 0.4) is 0 Å². The summed E-state index contributed by atoms with van der Waals surface area (Å²) in [6.07, 6.45) is 3.73. The SMILES string of the molecule is CC1=CC[C]([Hf+2][SiH2]Cc2ccccc2)=C1C.[Br-].[Br-]. The van der Waals surface area contributed by atoms with Gasteiger partial charge in [-0.2, -0.15) is 0 Å². The van der Waals surface area contributed by atoms with Gasteiger partial charge in [-0.05, 0) is 0 Å². The normalized spacial score (nSPS) is 14.0. The van der Waals surface area contributed by atoms with E-state index in [4.69, 9.17) is 0 Å². The molecule has 0 unspecified atom stereocenters. The van der Waals surface area contributed by atoms with E-state index in [-0.39, 0.29) is 62.7 Å². The van der Waals surface area contributed by atoms with Crippen molar-refractivity contribution in [2.24, 2.45) is 0 Å². The van der Waals surface area contributed by atoms with Gasteiger partial charge >= 0.3 is 112 Å². The second-order valence-corrected chi connectivity index (χ2v) is 17.1. The molecule has 0 spiro atoms. The number of halogens is 2. The van der Waals surface area contributed by atoms with Crippen molar-refractivity contribution in [2.75, 3.05) is 0 Å². The zero-order chi connectivity index (χ0) is 11.4. The predicted octanol–water partition coefficient (Wildman–Crippen LogP) is -3.02. The van der Waals surface area contributed by atoms with E-state index in [1.807, 2.05) is 3.33 Å². The van der Waals surface area contributed by atoms with Crippen LogP contribution >= 0.6 is 0 Å². The third-order valence-electron chi connectivity index (χ3n) is 3.25. The van der Waals surface area contributed by atoms with Gasteiger partial charge in [0.05, 0.1) is 0 Å². The molecule has 0 heterocycles. The summed E-state index contributed by atoms with van der Waals surface area (Å²) < 4.78 is 1.90. The average molecular weight is 553 g/mol. The Hall–Kier alpha value is 0.747. The number of hydrogen-bond donors (Lipinski definition) is 0. The molecule has 0 fully saturated rings. The molecule has 1 aliphatic carbocycles. The maximum Gasteiger partial charge on any atom is -1.00 e. The molecule has 2 rings (SSSR count). The summed E-state index contributed by atoms with van der Waals surface area (Å²) in [6.45, 7) is 4.83. The topological polar surface area (TPSA) is 0 Å². The molecule has 0 N–H and O–H groups in total. The van der Waals surface area contributed by atoms with Crippen LogP contribution in [0.1, 0.15) is 25.8 Å². The first-order valence-corrected chi connectivity index (χ1v) is 17.0. The van der Waals surface area contributed by atoms with E-state index >= 15 is 0 Å². The van der Waals surface area contributed by atoms with Gasteiger partial charge in [0.2, 0.25) is 0 Å². The molecular weight excluding hydrogens is 535 g/mol. The molecule has 18 heavy (non-hydrogen) atoms. The smallest absolute Gasteiger partial charge is 1.00 e. The van der Waals surface area contributed by atoms with Gasteiger partial charge < -0.3 is 34.0 Å². The largest absolute Gasteiger partial charge is 1.00 e. The second-order valence-electron chi connectivity index (χ2n) is 4.36. The van der Waals surface area contributed by atoms with Gasteiger partial charge in [-0.3, -0.25) is 0 Å². The monoisotopic (exact) mass is 552 g/mol. The minimum absolute atomic E-state index is 0. The van der Waals surface area contributed by atoms with Gasteiger partial charge in [-0.15, -0.1) is 0 Å². The molecule has 1 aliphatic rings. The van der Waals surface area contributed by atoms with Crippen molar-refractivity contribution in [1.82, 2.24) is 0 Å². The molecule has 0 aliphatic heterocycles. The van der Waals surface area contributed by atoms with Crippen molar-refractivity contribution in [3.63, 3.8) is 0 Å². The fourth-order valence-electron chi connectivity index (χ4n) is 2.01. The molecule has 0 nitrogen and oxygen atoms in total. The Kier molecular flexibility index (Phi) is 10.0. The zero-order valence-electron chi connectivity index (χ0n) is 10.8. The summed E-state index contributed by atoms with van der Waals surface area (Å²) in [5.41, 5.74) is 4.78. The van der Waals surface area contributed by atoms with E-state index < -0.39 is 0 Å². The fraction of sp³-hybridized carbons (Fsp3) is 0.286. The number of benzene rings is 1. The van der Waals surface area contributed by atoms with Crippen LogP contribution in [0.2, 0.25) is 0 Å². The van der Waals surface area contributed by atoms with E-state index in [0.29, 0.717) is 0 Å². The number of hydrogen-bond acceptors (Lipinski definition) is 0. The quantitative estimate of drug-likeness (QED) is 0.349. The first-order chi connectivity index (χ1) is 7.77. The van der Waals surface area contributed by atoms with Crippen LogP contribution in [0.15, 0.2) is 50.9 Å². The third-order valence-corrected chi connectivity index (χ3v) is 16.8. The Morgan fingerprint density at radius 3 is 2.33 bits per heavy atom. The van der Waals surface area contributed by atoms with Gasteiger partial charge in [0.25, 0.3) is 0 Å². The Balaban J connectivity index is 0.00000144. The van der Waals surface area contributed by atoms with E-state index in [2.05, 4.69) is 50.3 Å². The maximum atomic E-state index is 2.43. The van der Waals surface area contributed by atoms with Crippen molar-refractivity contribution in [1.29, 1.82) is 0 Å². The molecule has 0 atom stereocenters. The molecule has 0 saturated heterocycles. The van der Waals surface area contributed by atoms with Crippen molar-refractivity contribution < 1.29 is 56.0 Å². The molecule has 96 valence electrons. The summed E-state index contributed by atoms with van der Waals surface area (Å²) in [7, 11) is 0. The van der Waals surface area contributed by atoms with E-state index in [9.17, 15) is 0 Å². The molecule has 1 aromatic carbocycles. The van der Waals surface area contributed by atoms with Crippen molar-refractivity contribution in [3.05, 3.63) is 56.4 Å². The van der Waals surface area contributed by atoms with Gasteiger partial charge in [0, 0.05) is 0 Å². The van der Waals surface area contributed by atoms with Crippen LogP contribution < -0.4 is 34.0 Å². The van der Waals surface area contributed by atoms with Crippen molar-refractivity contribution in [3.8, 4) is 0 Å². The Morgan fingerprint density at radius 2 is 1.78 bits per heavy atom. The van der Waals surface area contributed by atoms with Crippen LogP contribution in [-0.2, 0) is 28.1 Å². The second kappa shape index (κ2) is 9.62. The summed E-state index contributed by atoms with van der Waals surface area (Å²) >= 11 is -0.375. The van der Waals surface area contributed by atoms with Crippen LogP contribution in [0, 0.1) is 0 Å². The fourth-order valence-corrected chi connectivity index (χ4v) is 16.7. The zero-order valence-corrected chi connectivity index (χ0v) is 19.0. The minimum atomic E-state index is -0.375. The Morgan fingerprint density at radius 1 is 1.11 bits per heavy atom. The standard InChI is InChI=1S/C7H9Si.C7H9.2BrH.Hf/c8-6-7-4-2-1-3-5-7;1-6-4-3-5-7(6)2;;;/h1-5H,6,8H2;4H,3H2,1-2H3;2*1H;/q;;;;+2/p-2. The summed E-state index contributed by atoms with van der Waals surface area (Å²) in [5, 5.41) is 0. The first-order valence-electron chi connectivity index (χ1n) is 5.92. The van der Waals surface area contributed by atoms with Crippen LogP contribution in [0.4, 0.5) is 0 Å². The summed E-state index contributed by atoms with van der Waals surface area (Å²) in [6, 6.07) is 12.5. The van der Waals surface area contributed by atoms with E-state index in [1.165, 1.54) is 12.5 Å². The molecule has 4 heteroatoms. The summed E-state index contributed by atoms with van der Waals surface area (Å²) in [4.78, 5) is 0. The van der Waals surface area contributed by atoms with Gasteiger partial charge in [0.15, 0.2) is 0 Å². The summed E-state index contributed by atoms with van der Waals surface area (Å²) in [5.74, 6) is 0. The van der Waals surface area contributed by atoms with Gasteiger partial charge in [-0.25, -0.2) is 0 Å². The Bertz CT molecular complexity index is 427. The molecule has 0 amide bonds. The maximum absolute atomic E-state index is 2.43. The molecule has 0 saturated carbocycles. The van der Waals surface area contributed by atoms with E-state index in [1.54, 1.807) is 16.7 Å². The molecule has 1 aromatic rings. The van der Waals surface area contributed by atoms with Crippen molar-refractivity contribution >= 4 is 6.71 Å². The van der Waals surface area contributed by atoms with Crippen molar-refractivity contribution in [2.45, 2.75) is 26.3 Å². The minimum Gasteiger partial charge on any atom is -1.00 e. The van der Waals surface area contributed by atoms with Gasteiger partial charge in [0.1, 0.15) is 0 Å². The first kappa shape index (κ1) is 18.7. The average Bonchev–Trinajstić information content (AvgIpc) is 2.62. The number of allylic oxidation sites excluding steroid dienone is 4. The molecule has 0 radical (unpaired) electrons. The van der Waals surface area contributed by atoms with Gasteiger partial charge in [-0.1, -0.05) is 0 Å². The number of rotatable bonds is 4. The molecule has 0 bridgehead atoms. The molecule has 0 aromatic heterocycles. The predicted molar refractivity (Wildman–Crippen MR) is 69.8 cm³/mol. The van der Waals surface area contributed by atoms with E-state index in [0.717, 1.165) is 0 Å². The van der Waals surface area contributed by atoms with Crippen LogP contribution in [-0.4, -0.2) is 6.71 Å².